The molecule has 0 aromatic heterocycles. The molecule has 1 atom stereocenters. The van der Waals surface area contributed by atoms with Gasteiger partial charge in [0.2, 0.25) is 0 Å². The molecule has 17 heavy (non-hydrogen) atoms. The van der Waals surface area contributed by atoms with Crippen molar-refractivity contribution in [2.75, 3.05) is 13.7 Å². The number of ether oxygens (including phenoxy) is 1. The average Bonchev–Trinajstić information content (AvgIpc) is 2.29. The zero-order chi connectivity index (χ0) is 12.8. The Morgan fingerprint density at radius 1 is 1.47 bits per heavy atom. The van der Waals surface area contributed by atoms with E-state index in [0.717, 1.165) is 12.1 Å². The van der Waals surface area contributed by atoms with Crippen LogP contribution in [0.15, 0.2) is 29.8 Å². The van der Waals surface area contributed by atoms with Crippen molar-refractivity contribution in [2.24, 2.45) is 0 Å². The molecule has 1 unspecified atom stereocenters. The van der Waals surface area contributed by atoms with Gasteiger partial charge in [0.25, 0.3) is 0 Å². The number of hydrogen-bond acceptors (Lipinski definition) is 3. The molecule has 0 spiro atoms. The second kappa shape index (κ2) is 6.30. The van der Waals surface area contributed by atoms with Crippen molar-refractivity contribution < 1.29 is 9.84 Å². The van der Waals surface area contributed by atoms with E-state index in [4.69, 9.17) is 4.74 Å². The van der Waals surface area contributed by atoms with E-state index in [1.54, 1.807) is 13.2 Å². The summed E-state index contributed by atoms with van der Waals surface area (Å²) in [5.74, 6) is 0.686. The summed E-state index contributed by atoms with van der Waals surface area (Å²) in [6.07, 6.45) is 2.15. The van der Waals surface area contributed by atoms with Crippen LogP contribution in [0.1, 0.15) is 32.4 Å². The standard InChI is InChI=1S/C14H21NO2/c1-10(2)7-8-15-11(3)12-5-6-13(16)14(9-12)17-4/h5-7,9,11,15-16H,8H2,1-4H3. The second-order valence-corrected chi connectivity index (χ2v) is 4.34. The molecular formula is C14H21NO2. The number of allylic oxidation sites excluding steroid dienone is 1. The van der Waals surface area contributed by atoms with E-state index in [9.17, 15) is 5.11 Å². The third-order valence-electron chi connectivity index (χ3n) is 2.64. The Kier molecular flexibility index (Phi) is 5.04. The zero-order valence-corrected chi connectivity index (χ0v) is 10.9. The van der Waals surface area contributed by atoms with Crippen LogP contribution >= 0.6 is 0 Å². The van der Waals surface area contributed by atoms with Gasteiger partial charge in [-0.15, -0.1) is 0 Å². The predicted octanol–water partition coefficient (Wildman–Crippen LogP) is 3.02. The van der Waals surface area contributed by atoms with Crippen LogP contribution in [-0.4, -0.2) is 18.8 Å². The minimum absolute atomic E-state index is 0.174. The van der Waals surface area contributed by atoms with Crippen LogP contribution in [0.5, 0.6) is 11.5 Å². The zero-order valence-electron chi connectivity index (χ0n) is 10.9. The number of phenols is 1. The molecule has 94 valence electrons. The Labute approximate surface area is 103 Å². The second-order valence-electron chi connectivity index (χ2n) is 4.34. The van der Waals surface area contributed by atoms with Crippen LogP contribution in [0.2, 0.25) is 0 Å². The number of benzene rings is 1. The van der Waals surface area contributed by atoms with E-state index in [2.05, 4.69) is 32.2 Å². The van der Waals surface area contributed by atoms with Crippen LogP contribution < -0.4 is 10.1 Å². The lowest BCUT2D eigenvalue weighted by molar-refractivity contribution is 0.372. The summed E-state index contributed by atoms with van der Waals surface area (Å²) in [7, 11) is 1.56. The molecule has 0 amide bonds. The lowest BCUT2D eigenvalue weighted by Crippen LogP contribution is -2.18. The summed E-state index contributed by atoms with van der Waals surface area (Å²) in [5, 5.41) is 12.9. The fourth-order valence-corrected chi connectivity index (χ4v) is 1.52. The number of methoxy groups -OCH3 is 1. The molecule has 0 aliphatic carbocycles. The van der Waals surface area contributed by atoms with Gasteiger partial charge < -0.3 is 15.2 Å². The maximum absolute atomic E-state index is 9.51. The molecule has 0 bridgehead atoms. The number of aromatic hydroxyl groups is 1. The number of nitrogens with one attached hydrogen (secondary N) is 1. The maximum atomic E-state index is 9.51. The van der Waals surface area contributed by atoms with Gasteiger partial charge in [-0.2, -0.15) is 0 Å². The molecule has 1 rings (SSSR count). The Morgan fingerprint density at radius 2 is 2.18 bits per heavy atom. The van der Waals surface area contributed by atoms with Crippen molar-refractivity contribution in [1.82, 2.24) is 5.32 Å². The van der Waals surface area contributed by atoms with E-state index < -0.39 is 0 Å². The van der Waals surface area contributed by atoms with Crippen LogP contribution in [0.25, 0.3) is 0 Å². The summed E-state index contributed by atoms with van der Waals surface area (Å²) in [4.78, 5) is 0. The fourth-order valence-electron chi connectivity index (χ4n) is 1.52. The van der Waals surface area contributed by atoms with Crippen molar-refractivity contribution >= 4 is 0 Å². The first-order chi connectivity index (χ1) is 8.04. The molecule has 0 fully saturated rings. The summed E-state index contributed by atoms with van der Waals surface area (Å²) in [6.45, 7) is 7.09. The first-order valence-electron chi connectivity index (χ1n) is 5.78. The summed E-state index contributed by atoms with van der Waals surface area (Å²) < 4.78 is 5.09. The molecule has 0 aliphatic heterocycles. The predicted molar refractivity (Wildman–Crippen MR) is 70.5 cm³/mol. The highest BCUT2D eigenvalue weighted by Gasteiger charge is 2.07. The summed E-state index contributed by atoms with van der Waals surface area (Å²) in [5.41, 5.74) is 2.40. The number of phenolic OH excluding ortho intramolecular Hbond substituents is 1. The molecule has 2 N–H and O–H groups in total. The van der Waals surface area contributed by atoms with Gasteiger partial charge >= 0.3 is 0 Å². The molecule has 0 aliphatic rings. The Bertz CT molecular complexity index is 395. The highest BCUT2D eigenvalue weighted by molar-refractivity contribution is 5.42. The topological polar surface area (TPSA) is 41.5 Å². The minimum Gasteiger partial charge on any atom is -0.504 e. The normalized spacial score (nSPS) is 12.0. The number of rotatable bonds is 5. The third-order valence-corrected chi connectivity index (χ3v) is 2.64. The quantitative estimate of drug-likeness (QED) is 0.771. The Hall–Kier alpha value is -1.48. The third kappa shape index (κ3) is 4.11. The van der Waals surface area contributed by atoms with Gasteiger partial charge in [0.1, 0.15) is 0 Å². The van der Waals surface area contributed by atoms with Crippen molar-refractivity contribution in [3.8, 4) is 11.5 Å². The molecule has 1 aromatic rings. The molecule has 3 nitrogen and oxygen atoms in total. The van der Waals surface area contributed by atoms with E-state index in [0.29, 0.717) is 5.75 Å². The molecule has 0 saturated heterocycles. The van der Waals surface area contributed by atoms with E-state index in [1.807, 2.05) is 12.1 Å². The molecule has 0 heterocycles. The van der Waals surface area contributed by atoms with Crippen molar-refractivity contribution in [3.05, 3.63) is 35.4 Å². The Morgan fingerprint density at radius 3 is 2.76 bits per heavy atom. The summed E-state index contributed by atoms with van der Waals surface area (Å²) >= 11 is 0. The van der Waals surface area contributed by atoms with Crippen LogP contribution in [0.3, 0.4) is 0 Å². The maximum Gasteiger partial charge on any atom is 0.160 e. The largest absolute Gasteiger partial charge is 0.504 e. The van der Waals surface area contributed by atoms with Gasteiger partial charge in [0.05, 0.1) is 7.11 Å². The minimum atomic E-state index is 0.174. The summed E-state index contributed by atoms with van der Waals surface area (Å²) in [6, 6.07) is 5.64. The van der Waals surface area contributed by atoms with E-state index in [1.165, 1.54) is 5.57 Å². The van der Waals surface area contributed by atoms with Gasteiger partial charge in [-0.3, -0.25) is 0 Å². The van der Waals surface area contributed by atoms with E-state index in [-0.39, 0.29) is 11.8 Å². The number of hydrogen-bond donors (Lipinski definition) is 2. The molecule has 3 heteroatoms. The SMILES string of the molecule is COc1cc(C(C)NCC=C(C)C)ccc1O. The monoisotopic (exact) mass is 235 g/mol. The average molecular weight is 235 g/mol. The molecule has 0 radical (unpaired) electrons. The van der Waals surface area contributed by atoms with Gasteiger partial charge in [0.15, 0.2) is 11.5 Å². The molecular weight excluding hydrogens is 214 g/mol. The van der Waals surface area contributed by atoms with Crippen LogP contribution in [0, 0.1) is 0 Å². The lowest BCUT2D eigenvalue weighted by Gasteiger charge is -2.14. The highest BCUT2D eigenvalue weighted by Crippen LogP contribution is 2.28. The highest BCUT2D eigenvalue weighted by atomic mass is 16.5. The fraction of sp³-hybridized carbons (Fsp3) is 0.429. The Balaban J connectivity index is 2.68. The van der Waals surface area contributed by atoms with E-state index >= 15 is 0 Å². The lowest BCUT2D eigenvalue weighted by atomic mass is 10.1. The van der Waals surface area contributed by atoms with Gasteiger partial charge in [-0.25, -0.2) is 0 Å². The van der Waals surface area contributed by atoms with Crippen molar-refractivity contribution in [1.29, 1.82) is 0 Å². The van der Waals surface area contributed by atoms with Crippen LogP contribution in [0.4, 0.5) is 0 Å². The first kappa shape index (κ1) is 13.6. The van der Waals surface area contributed by atoms with Crippen molar-refractivity contribution in [2.45, 2.75) is 26.8 Å². The van der Waals surface area contributed by atoms with Gasteiger partial charge in [-0.1, -0.05) is 17.7 Å². The van der Waals surface area contributed by atoms with Crippen molar-refractivity contribution in [3.63, 3.8) is 0 Å². The van der Waals surface area contributed by atoms with Gasteiger partial charge in [0, 0.05) is 12.6 Å². The molecule has 0 saturated carbocycles. The molecule has 1 aromatic carbocycles. The van der Waals surface area contributed by atoms with Crippen LogP contribution in [-0.2, 0) is 0 Å². The van der Waals surface area contributed by atoms with Gasteiger partial charge in [-0.05, 0) is 38.5 Å². The smallest absolute Gasteiger partial charge is 0.160 e. The first-order valence-corrected chi connectivity index (χ1v) is 5.78.